The van der Waals surface area contributed by atoms with Crippen LogP contribution in [0.15, 0.2) is 71.3 Å². The van der Waals surface area contributed by atoms with Gasteiger partial charge in [0.1, 0.15) is 17.3 Å². The number of methoxy groups -OCH3 is 4. The van der Waals surface area contributed by atoms with Crippen molar-refractivity contribution in [3.8, 4) is 34.3 Å². The number of carbonyl (C=O) groups is 1. The zero-order valence-corrected chi connectivity index (χ0v) is 21.0. The van der Waals surface area contributed by atoms with Crippen LogP contribution < -0.4 is 18.9 Å². The number of aromatic nitrogens is 1. The molecule has 0 saturated carbocycles. The van der Waals surface area contributed by atoms with Gasteiger partial charge in [-0.05, 0) is 54.1 Å². The van der Waals surface area contributed by atoms with Gasteiger partial charge in [0.15, 0.2) is 17.3 Å². The van der Waals surface area contributed by atoms with E-state index in [0.29, 0.717) is 45.6 Å². The Bertz CT molecular complexity index is 1330. The number of hydrogen-bond donors (Lipinski definition) is 0. The lowest BCUT2D eigenvalue weighted by molar-refractivity contribution is 0.0726. The predicted molar refractivity (Wildman–Crippen MR) is 135 cm³/mol. The van der Waals surface area contributed by atoms with Gasteiger partial charge in [-0.3, -0.25) is 4.79 Å². The fourth-order valence-corrected chi connectivity index (χ4v) is 3.87. The molecular weight excluding hydrogens is 479 g/mol. The molecule has 0 fully saturated rings. The Morgan fingerprint density at radius 2 is 1.49 bits per heavy atom. The van der Waals surface area contributed by atoms with Crippen molar-refractivity contribution in [2.45, 2.75) is 13.1 Å². The van der Waals surface area contributed by atoms with Crippen LogP contribution in [0, 0.1) is 5.82 Å². The molecule has 1 heterocycles. The van der Waals surface area contributed by atoms with E-state index in [2.05, 4.69) is 5.16 Å². The predicted octanol–water partition coefficient (Wildman–Crippen LogP) is 5.36. The van der Waals surface area contributed by atoms with Gasteiger partial charge in [-0.15, -0.1) is 0 Å². The van der Waals surface area contributed by atoms with Crippen LogP contribution in [0.5, 0.6) is 23.0 Å². The lowest BCUT2D eigenvalue weighted by atomic mass is 10.1. The maximum atomic E-state index is 13.4. The van der Waals surface area contributed by atoms with Crippen LogP contribution in [0.25, 0.3) is 11.3 Å². The SMILES string of the molecule is COc1ccc(C(=O)N(Cc2ccc(F)cc2)Cc2cc(-c3cc(OC)c(OC)c(OC)c3)on2)cc1. The minimum absolute atomic E-state index is 0.163. The van der Waals surface area contributed by atoms with Crippen molar-refractivity contribution < 1.29 is 32.7 Å². The molecule has 0 N–H and O–H groups in total. The molecule has 37 heavy (non-hydrogen) atoms. The van der Waals surface area contributed by atoms with Gasteiger partial charge in [0, 0.05) is 23.7 Å². The van der Waals surface area contributed by atoms with Gasteiger partial charge in [-0.25, -0.2) is 4.39 Å². The van der Waals surface area contributed by atoms with Crippen molar-refractivity contribution in [1.82, 2.24) is 10.1 Å². The van der Waals surface area contributed by atoms with Crippen molar-refractivity contribution >= 4 is 5.91 Å². The summed E-state index contributed by atoms with van der Waals surface area (Å²) < 4.78 is 40.5. The van der Waals surface area contributed by atoms with E-state index in [1.807, 2.05) is 0 Å². The summed E-state index contributed by atoms with van der Waals surface area (Å²) in [6, 6.07) is 18.1. The average molecular weight is 507 g/mol. The minimum Gasteiger partial charge on any atom is -0.497 e. The summed E-state index contributed by atoms with van der Waals surface area (Å²) in [6.07, 6.45) is 0. The van der Waals surface area contributed by atoms with Gasteiger partial charge in [0.05, 0.1) is 35.0 Å². The van der Waals surface area contributed by atoms with E-state index < -0.39 is 0 Å². The molecule has 0 spiro atoms. The van der Waals surface area contributed by atoms with Crippen LogP contribution in [0.4, 0.5) is 4.39 Å². The van der Waals surface area contributed by atoms with Gasteiger partial charge < -0.3 is 28.4 Å². The van der Waals surface area contributed by atoms with E-state index in [-0.39, 0.29) is 24.8 Å². The van der Waals surface area contributed by atoms with Crippen LogP contribution >= 0.6 is 0 Å². The Morgan fingerprint density at radius 1 is 0.838 bits per heavy atom. The first-order chi connectivity index (χ1) is 17.9. The number of amides is 1. The number of hydrogen-bond acceptors (Lipinski definition) is 7. The fraction of sp³-hybridized carbons (Fsp3) is 0.214. The van der Waals surface area contributed by atoms with E-state index in [1.165, 1.54) is 33.5 Å². The maximum absolute atomic E-state index is 13.4. The van der Waals surface area contributed by atoms with Crippen molar-refractivity contribution in [2.24, 2.45) is 0 Å². The van der Waals surface area contributed by atoms with Crippen molar-refractivity contribution in [2.75, 3.05) is 28.4 Å². The molecule has 0 saturated heterocycles. The lowest BCUT2D eigenvalue weighted by Gasteiger charge is -2.22. The van der Waals surface area contributed by atoms with Crippen molar-refractivity contribution in [3.05, 3.63) is 89.4 Å². The Labute approximate surface area is 214 Å². The van der Waals surface area contributed by atoms with Gasteiger partial charge in [0.2, 0.25) is 5.75 Å². The highest BCUT2D eigenvalue weighted by Gasteiger charge is 2.21. The van der Waals surface area contributed by atoms with Gasteiger partial charge in [-0.2, -0.15) is 0 Å². The second-order valence-electron chi connectivity index (χ2n) is 8.11. The summed E-state index contributed by atoms with van der Waals surface area (Å²) in [5.41, 5.74) is 2.46. The Kier molecular flexibility index (Phi) is 7.92. The molecule has 0 aliphatic heterocycles. The quantitative estimate of drug-likeness (QED) is 0.286. The highest BCUT2D eigenvalue weighted by Crippen LogP contribution is 2.41. The van der Waals surface area contributed by atoms with E-state index in [4.69, 9.17) is 23.5 Å². The van der Waals surface area contributed by atoms with Crippen LogP contribution in [-0.4, -0.2) is 44.4 Å². The summed E-state index contributed by atoms with van der Waals surface area (Å²) in [5.74, 6) is 1.96. The number of benzene rings is 3. The van der Waals surface area contributed by atoms with Gasteiger partial charge >= 0.3 is 0 Å². The largest absolute Gasteiger partial charge is 0.497 e. The van der Waals surface area contributed by atoms with Gasteiger partial charge in [-0.1, -0.05) is 17.3 Å². The van der Waals surface area contributed by atoms with E-state index >= 15 is 0 Å². The van der Waals surface area contributed by atoms with Gasteiger partial charge in [0.25, 0.3) is 5.91 Å². The van der Waals surface area contributed by atoms with E-state index in [1.54, 1.807) is 66.6 Å². The Balaban J connectivity index is 1.63. The molecule has 3 aromatic carbocycles. The molecule has 0 aliphatic carbocycles. The topological polar surface area (TPSA) is 83.3 Å². The number of ether oxygens (including phenoxy) is 4. The zero-order chi connectivity index (χ0) is 26.4. The highest BCUT2D eigenvalue weighted by atomic mass is 19.1. The summed E-state index contributed by atoms with van der Waals surface area (Å²) >= 11 is 0. The summed E-state index contributed by atoms with van der Waals surface area (Å²) in [5, 5.41) is 4.18. The Morgan fingerprint density at radius 3 is 2.05 bits per heavy atom. The fourth-order valence-electron chi connectivity index (χ4n) is 3.87. The first-order valence-corrected chi connectivity index (χ1v) is 11.4. The van der Waals surface area contributed by atoms with E-state index in [0.717, 1.165) is 5.56 Å². The number of rotatable bonds is 10. The third kappa shape index (κ3) is 5.83. The third-order valence-corrected chi connectivity index (χ3v) is 5.77. The Hall–Kier alpha value is -4.53. The highest BCUT2D eigenvalue weighted by molar-refractivity contribution is 5.94. The van der Waals surface area contributed by atoms with Crippen molar-refractivity contribution in [1.29, 1.82) is 0 Å². The smallest absolute Gasteiger partial charge is 0.254 e. The minimum atomic E-state index is -0.344. The summed E-state index contributed by atoms with van der Waals surface area (Å²) in [7, 11) is 6.16. The molecule has 0 aliphatic rings. The van der Waals surface area contributed by atoms with Crippen LogP contribution in [0.2, 0.25) is 0 Å². The number of nitrogens with zero attached hydrogens (tertiary/aromatic N) is 2. The molecule has 0 bridgehead atoms. The third-order valence-electron chi connectivity index (χ3n) is 5.77. The molecule has 4 rings (SSSR count). The molecular formula is C28H27FN2O6. The standard InChI is InChI=1S/C28H27FN2O6/c1-33-23-11-7-19(8-12-23)28(32)31(16-18-5-9-21(29)10-6-18)17-22-15-24(37-30-22)20-13-25(34-2)27(36-4)26(14-20)35-3/h5-15H,16-17H2,1-4H3. The summed E-state index contributed by atoms with van der Waals surface area (Å²) in [4.78, 5) is 15.1. The summed E-state index contributed by atoms with van der Waals surface area (Å²) in [6.45, 7) is 0.410. The van der Waals surface area contributed by atoms with Crippen LogP contribution in [0.1, 0.15) is 21.6 Å². The van der Waals surface area contributed by atoms with E-state index in [9.17, 15) is 9.18 Å². The zero-order valence-electron chi connectivity index (χ0n) is 21.0. The molecule has 0 unspecified atom stereocenters. The van der Waals surface area contributed by atoms with Crippen LogP contribution in [-0.2, 0) is 13.1 Å². The first-order valence-electron chi connectivity index (χ1n) is 11.4. The molecule has 1 aromatic heterocycles. The molecule has 8 nitrogen and oxygen atoms in total. The molecule has 9 heteroatoms. The second kappa shape index (κ2) is 11.5. The monoisotopic (exact) mass is 506 g/mol. The van der Waals surface area contributed by atoms with Crippen molar-refractivity contribution in [3.63, 3.8) is 0 Å². The molecule has 0 atom stereocenters. The maximum Gasteiger partial charge on any atom is 0.254 e. The normalized spacial score (nSPS) is 10.6. The average Bonchev–Trinajstić information content (AvgIpc) is 3.41. The second-order valence-corrected chi connectivity index (χ2v) is 8.11. The molecule has 4 aromatic rings. The number of carbonyl (C=O) groups excluding carboxylic acids is 1. The lowest BCUT2D eigenvalue weighted by Crippen LogP contribution is -2.30. The van der Waals surface area contributed by atoms with Crippen LogP contribution in [0.3, 0.4) is 0 Å². The first kappa shape index (κ1) is 25.6. The molecule has 1 amide bonds. The molecule has 192 valence electrons. The molecule has 0 radical (unpaired) electrons. The number of halogens is 1.